The normalized spacial score (nSPS) is 22.4. The third-order valence-corrected chi connectivity index (χ3v) is 8.72. The van der Waals surface area contributed by atoms with Crippen LogP contribution in [0.5, 0.6) is 0 Å². The first-order valence-electron chi connectivity index (χ1n) is 12.7. The third kappa shape index (κ3) is 7.78. The van der Waals surface area contributed by atoms with Gasteiger partial charge < -0.3 is 20.7 Å². The molecule has 0 radical (unpaired) electrons. The molecule has 1 aliphatic carbocycles. The van der Waals surface area contributed by atoms with E-state index in [-0.39, 0.29) is 54.5 Å². The van der Waals surface area contributed by atoms with E-state index in [2.05, 4.69) is 10.0 Å². The topological polar surface area (TPSA) is 155 Å². The van der Waals surface area contributed by atoms with E-state index in [0.717, 1.165) is 18.4 Å². The van der Waals surface area contributed by atoms with Crippen molar-refractivity contribution in [2.24, 2.45) is 11.7 Å². The zero-order valence-corrected chi connectivity index (χ0v) is 23.5. The number of likely N-dealkylation sites (tertiary alicyclic amines) is 1. The summed E-state index contributed by atoms with van der Waals surface area (Å²) in [5, 5.41) is 10.4. The summed E-state index contributed by atoms with van der Waals surface area (Å²) in [6.07, 6.45) is 2.82. The van der Waals surface area contributed by atoms with Crippen LogP contribution < -0.4 is 15.8 Å². The minimum absolute atomic E-state index is 0. The number of nitrogen functional groups attached to an aromatic ring is 1. The van der Waals surface area contributed by atoms with Gasteiger partial charge in [-0.1, -0.05) is 54.6 Å². The summed E-state index contributed by atoms with van der Waals surface area (Å²) in [4.78, 5) is 28.3. The van der Waals surface area contributed by atoms with Gasteiger partial charge in [0.2, 0.25) is 21.8 Å². The SMILES string of the molecule is CO[C@@H]1CC[C@H]2C[C@@H](C(=O)NCc3ccc(C(=N)N)cc3)N(C(=O)CNS(=O)(=O)Cc3ccccc3)[C@H]2C1.Cl. The lowest BCUT2D eigenvalue weighted by Gasteiger charge is -2.36. The Bertz CT molecular complexity index is 1260. The van der Waals surface area contributed by atoms with Crippen LogP contribution in [-0.4, -0.2) is 62.8 Å². The molecule has 4 rings (SSSR count). The van der Waals surface area contributed by atoms with E-state index < -0.39 is 28.5 Å². The largest absolute Gasteiger partial charge is 0.384 e. The number of rotatable bonds is 10. The molecule has 10 nitrogen and oxygen atoms in total. The Morgan fingerprint density at radius 2 is 1.74 bits per heavy atom. The number of hydrogen-bond acceptors (Lipinski definition) is 6. The van der Waals surface area contributed by atoms with Crippen LogP contribution in [0.2, 0.25) is 0 Å². The molecule has 39 heavy (non-hydrogen) atoms. The van der Waals surface area contributed by atoms with Crippen molar-refractivity contribution in [2.45, 2.75) is 56.2 Å². The van der Waals surface area contributed by atoms with Crippen LogP contribution in [0.1, 0.15) is 42.4 Å². The number of amides is 2. The molecule has 1 heterocycles. The van der Waals surface area contributed by atoms with E-state index >= 15 is 0 Å². The van der Waals surface area contributed by atoms with Gasteiger partial charge in [0.1, 0.15) is 11.9 Å². The van der Waals surface area contributed by atoms with Gasteiger partial charge >= 0.3 is 0 Å². The van der Waals surface area contributed by atoms with Crippen LogP contribution in [-0.2, 0) is 36.6 Å². The Hall–Kier alpha value is -2.99. The van der Waals surface area contributed by atoms with E-state index in [1.807, 2.05) is 0 Å². The predicted octanol–water partition coefficient (Wildman–Crippen LogP) is 1.91. The summed E-state index contributed by atoms with van der Waals surface area (Å²) in [6.45, 7) is -0.151. The number of sulfonamides is 1. The Morgan fingerprint density at radius 1 is 1.05 bits per heavy atom. The molecule has 212 valence electrons. The summed E-state index contributed by atoms with van der Waals surface area (Å²) >= 11 is 0. The Balaban J connectivity index is 0.00000420. The lowest BCUT2D eigenvalue weighted by atomic mass is 9.83. The molecule has 1 saturated carbocycles. The monoisotopic (exact) mass is 577 g/mol. The summed E-state index contributed by atoms with van der Waals surface area (Å²) in [5.41, 5.74) is 7.56. The van der Waals surface area contributed by atoms with Gasteiger partial charge in [-0.15, -0.1) is 12.4 Å². The summed E-state index contributed by atoms with van der Waals surface area (Å²) in [7, 11) is -2.10. The zero-order chi connectivity index (χ0) is 27.3. The Labute approximate surface area is 235 Å². The van der Waals surface area contributed by atoms with E-state index in [9.17, 15) is 18.0 Å². The maximum atomic E-state index is 13.4. The molecular weight excluding hydrogens is 542 g/mol. The van der Waals surface area contributed by atoms with E-state index in [0.29, 0.717) is 24.0 Å². The van der Waals surface area contributed by atoms with E-state index in [1.165, 1.54) is 0 Å². The molecular formula is C27H36ClN5O5S. The first-order valence-corrected chi connectivity index (χ1v) is 14.4. The number of halogens is 1. The molecule has 4 atom stereocenters. The molecule has 1 saturated heterocycles. The smallest absolute Gasteiger partial charge is 0.243 e. The number of amidine groups is 1. The number of nitrogens with one attached hydrogen (secondary N) is 3. The molecule has 2 fully saturated rings. The highest BCUT2D eigenvalue weighted by Crippen LogP contribution is 2.40. The van der Waals surface area contributed by atoms with Crippen molar-refractivity contribution in [1.29, 1.82) is 5.41 Å². The maximum absolute atomic E-state index is 13.4. The van der Waals surface area contributed by atoms with E-state index in [4.69, 9.17) is 15.9 Å². The third-order valence-electron chi connectivity index (χ3n) is 7.43. The Morgan fingerprint density at radius 3 is 2.38 bits per heavy atom. The van der Waals surface area contributed by atoms with Gasteiger partial charge in [-0.3, -0.25) is 15.0 Å². The summed E-state index contributed by atoms with van der Waals surface area (Å²) in [5.74, 6) is -0.805. The molecule has 2 amide bonds. The average Bonchev–Trinajstić information content (AvgIpc) is 3.30. The fourth-order valence-corrected chi connectivity index (χ4v) is 6.52. The Kier molecular flexibility index (Phi) is 10.5. The minimum Gasteiger partial charge on any atom is -0.384 e. The molecule has 0 aromatic heterocycles. The molecule has 0 unspecified atom stereocenters. The number of nitrogens with two attached hydrogens (primary N) is 1. The second-order valence-corrected chi connectivity index (χ2v) is 11.8. The molecule has 12 heteroatoms. The molecule has 0 bridgehead atoms. The number of carbonyl (C=O) groups excluding carboxylic acids is 2. The van der Waals surface area contributed by atoms with E-state index in [1.54, 1.807) is 66.6 Å². The van der Waals surface area contributed by atoms with Gasteiger partial charge in [0.25, 0.3) is 0 Å². The highest BCUT2D eigenvalue weighted by Gasteiger charge is 2.49. The van der Waals surface area contributed by atoms with Gasteiger partial charge in [-0.05, 0) is 42.7 Å². The predicted molar refractivity (Wildman–Crippen MR) is 151 cm³/mol. The average molecular weight is 578 g/mol. The number of methoxy groups -OCH3 is 1. The first kappa shape index (κ1) is 30.6. The molecule has 0 spiro atoms. The van der Waals surface area contributed by atoms with Gasteiger partial charge in [-0.25, -0.2) is 13.1 Å². The lowest BCUT2D eigenvalue weighted by molar-refractivity contribution is -0.140. The van der Waals surface area contributed by atoms with Crippen molar-refractivity contribution in [3.63, 3.8) is 0 Å². The van der Waals surface area contributed by atoms with Crippen molar-refractivity contribution < 1.29 is 22.7 Å². The van der Waals surface area contributed by atoms with Crippen molar-refractivity contribution in [2.75, 3.05) is 13.7 Å². The number of hydrogen-bond donors (Lipinski definition) is 4. The molecule has 2 aliphatic rings. The first-order chi connectivity index (χ1) is 18.2. The van der Waals surface area contributed by atoms with Crippen LogP contribution in [0.3, 0.4) is 0 Å². The highest BCUT2D eigenvalue weighted by molar-refractivity contribution is 7.88. The number of nitrogens with zero attached hydrogens (tertiary/aromatic N) is 1. The highest BCUT2D eigenvalue weighted by atomic mass is 35.5. The zero-order valence-electron chi connectivity index (χ0n) is 21.8. The van der Waals surface area contributed by atoms with Crippen molar-refractivity contribution in [3.8, 4) is 0 Å². The van der Waals surface area contributed by atoms with Crippen molar-refractivity contribution in [1.82, 2.24) is 14.9 Å². The number of carbonyl (C=O) groups is 2. The summed E-state index contributed by atoms with van der Waals surface area (Å²) in [6, 6.07) is 14.9. The molecule has 2 aromatic rings. The van der Waals surface area contributed by atoms with Gasteiger partial charge in [0, 0.05) is 25.3 Å². The van der Waals surface area contributed by atoms with Crippen LogP contribution in [0.4, 0.5) is 0 Å². The number of fused-ring (bicyclic) bond motifs is 1. The number of ether oxygens (including phenoxy) is 1. The van der Waals surface area contributed by atoms with Crippen molar-refractivity contribution in [3.05, 3.63) is 71.3 Å². The molecule has 2 aromatic carbocycles. The fourth-order valence-electron chi connectivity index (χ4n) is 5.44. The standard InChI is InChI=1S/C27H35N5O5S.ClH/c1-37-22-12-11-21-13-24(27(34)30-15-18-7-9-20(10-8-18)26(28)29)32(23(21)14-22)25(33)16-31-38(35,36)17-19-5-3-2-4-6-19;/h2-10,21-24,31H,11-17H2,1H3,(H3,28,29)(H,30,34);1H/t21-,22+,23-,24-;/m0./s1. The fraction of sp³-hybridized carbons (Fsp3) is 0.444. The van der Waals surface area contributed by atoms with Crippen LogP contribution in [0.15, 0.2) is 54.6 Å². The van der Waals surface area contributed by atoms with Gasteiger partial charge in [0.05, 0.1) is 18.4 Å². The van der Waals surface area contributed by atoms with Gasteiger partial charge in [0.15, 0.2) is 0 Å². The van der Waals surface area contributed by atoms with Gasteiger partial charge in [-0.2, -0.15) is 0 Å². The second-order valence-electron chi connectivity index (χ2n) is 9.94. The van der Waals surface area contributed by atoms with Crippen LogP contribution in [0.25, 0.3) is 0 Å². The quantitative estimate of drug-likeness (QED) is 0.250. The molecule has 5 N–H and O–H groups in total. The minimum atomic E-state index is -3.74. The second kappa shape index (κ2) is 13.4. The molecule has 1 aliphatic heterocycles. The van der Waals surface area contributed by atoms with Crippen LogP contribution in [0, 0.1) is 11.3 Å². The van der Waals surface area contributed by atoms with Crippen molar-refractivity contribution >= 4 is 40.1 Å². The lowest BCUT2D eigenvalue weighted by Crippen LogP contribution is -2.53. The summed E-state index contributed by atoms with van der Waals surface area (Å²) < 4.78 is 33.3. The number of benzene rings is 2. The van der Waals surface area contributed by atoms with Crippen LogP contribution >= 0.6 is 12.4 Å². The maximum Gasteiger partial charge on any atom is 0.243 e.